The minimum atomic E-state index is -0.906. The van der Waals surface area contributed by atoms with E-state index in [0.717, 1.165) is 29.7 Å². The normalized spacial score (nSPS) is 10.5. The van der Waals surface area contributed by atoms with E-state index in [0.29, 0.717) is 12.2 Å². The quantitative estimate of drug-likeness (QED) is 0.637. The molecule has 0 amide bonds. The predicted octanol–water partition coefficient (Wildman–Crippen LogP) is 5.24. The molecule has 0 bridgehead atoms. The van der Waals surface area contributed by atoms with Crippen molar-refractivity contribution in [2.75, 3.05) is 6.61 Å². The summed E-state index contributed by atoms with van der Waals surface area (Å²) in [5, 5.41) is 8.96. The van der Waals surface area contributed by atoms with Crippen molar-refractivity contribution in [3.8, 4) is 16.9 Å². The lowest BCUT2D eigenvalue weighted by molar-refractivity contribution is 0.0697. The van der Waals surface area contributed by atoms with Gasteiger partial charge < -0.3 is 9.84 Å². The summed E-state index contributed by atoms with van der Waals surface area (Å²) in [6.45, 7) is 2.70. The molecule has 0 fully saturated rings. The molecule has 0 spiro atoms. The van der Waals surface area contributed by atoms with Crippen molar-refractivity contribution in [1.29, 1.82) is 0 Å². The average molecular weight is 346 g/mol. The summed E-state index contributed by atoms with van der Waals surface area (Å²) >= 11 is 0. The number of carbonyl (C=O) groups is 1. The Labute approximate surface area is 153 Å². The molecule has 3 rings (SSSR count). The predicted molar refractivity (Wildman–Crippen MR) is 104 cm³/mol. The van der Waals surface area contributed by atoms with Gasteiger partial charge in [-0.2, -0.15) is 0 Å². The monoisotopic (exact) mass is 346 g/mol. The number of benzene rings is 3. The van der Waals surface area contributed by atoms with Crippen LogP contribution in [0.4, 0.5) is 0 Å². The molecule has 0 heterocycles. The van der Waals surface area contributed by atoms with Crippen LogP contribution < -0.4 is 4.74 Å². The van der Waals surface area contributed by atoms with Crippen LogP contribution in [0.15, 0.2) is 72.8 Å². The van der Waals surface area contributed by atoms with Crippen LogP contribution in [0.2, 0.25) is 0 Å². The number of aromatic carboxylic acids is 1. The molecule has 3 aromatic carbocycles. The fraction of sp³-hybridized carbons (Fsp3) is 0.174. The lowest BCUT2D eigenvalue weighted by atomic mass is 9.97. The first-order valence-electron chi connectivity index (χ1n) is 8.81. The van der Waals surface area contributed by atoms with Gasteiger partial charge in [-0.05, 0) is 41.3 Å². The van der Waals surface area contributed by atoms with Gasteiger partial charge in [-0.1, -0.05) is 61.5 Å². The van der Waals surface area contributed by atoms with E-state index in [2.05, 4.69) is 37.3 Å². The van der Waals surface area contributed by atoms with Crippen LogP contribution in [0.1, 0.15) is 28.4 Å². The summed E-state index contributed by atoms with van der Waals surface area (Å²) in [5.41, 5.74) is 4.97. The van der Waals surface area contributed by atoms with E-state index in [4.69, 9.17) is 9.84 Å². The van der Waals surface area contributed by atoms with Crippen LogP contribution in [0.3, 0.4) is 0 Å². The van der Waals surface area contributed by atoms with Gasteiger partial charge in [-0.25, -0.2) is 4.79 Å². The SMILES string of the molecule is CCc1ccccc1-c1ccccc1OCCc1ccc(C(=O)O)cc1. The van der Waals surface area contributed by atoms with Gasteiger partial charge in [0.25, 0.3) is 0 Å². The Kier molecular flexibility index (Phi) is 5.69. The molecule has 3 nitrogen and oxygen atoms in total. The Hall–Kier alpha value is -3.07. The fourth-order valence-corrected chi connectivity index (χ4v) is 3.00. The number of hydrogen-bond acceptors (Lipinski definition) is 2. The Balaban J connectivity index is 1.72. The number of aryl methyl sites for hydroxylation is 1. The maximum absolute atomic E-state index is 10.9. The van der Waals surface area contributed by atoms with Crippen LogP contribution in [0.5, 0.6) is 5.75 Å². The molecule has 132 valence electrons. The molecule has 0 aromatic heterocycles. The lowest BCUT2D eigenvalue weighted by Gasteiger charge is -2.14. The van der Waals surface area contributed by atoms with Crippen molar-refractivity contribution in [1.82, 2.24) is 0 Å². The van der Waals surface area contributed by atoms with Gasteiger partial charge in [0.15, 0.2) is 0 Å². The van der Waals surface area contributed by atoms with E-state index in [1.807, 2.05) is 30.3 Å². The van der Waals surface area contributed by atoms with E-state index < -0.39 is 5.97 Å². The van der Waals surface area contributed by atoms with Crippen LogP contribution in [-0.4, -0.2) is 17.7 Å². The highest BCUT2D eigenvalue weighted by Crippen LogP contribution is 2.32. The van der Waals surface area contributed by atoms with Gasteiger partial charge in [0.05, 0.1) is 12.2 Å². The van der Waals surface area contributed by atoms with Gasteiger partial charge in [0, 0.05) is 12.0 Å². The average Bonchev–Trinajstić information content (AvgIpc) is 2.69. The molecular formula is C23H22O3. The molecule has 1 N–H and O–H groups in total. The maximum atomic E-state index is 10.9. The van der Waals surface area contributed by atoms with Gasteiger partial charge in [-0.3, -0.25) is 0 Å². The molecular weight excluding hydrogens is 324 g/mol. The Bertz CT molecular complexity index is 882. The van der Waals surface area contributed by atoms with Gasteiger partial charge in [0.1, 0.15) is 5.75 Å². The largest absolute Gasteiger partial charge is 0.493 e. The van der Waals surface area contributed by atoms with E-state index in [9.17, 15) is 4.79 Å². The van der Waals surface area contributed by atoms with Crippen molar-refractivity contribution >= 4 is 5.97 Å². The lowest BCUT2D eigenvalue weighted by Crippen LogP contribution is -2.03. The first-order valence-corrected chi connectivity index (χ1v) is 8.81. The third kappa shape index (κ3) is 4.12. The summed E-state index contributed by atoms with van der Waals surface area (Å²) in [4.78, 5) is 10.9. The first kappa shape index (κ1) is 17.7. The second-order valence-corrected chi connectivity index (χ2v) is 6.11. The molecule has 3 heteroatoms. The third-order valence-electron chi connectivity index (χ3n) is 4.42. The van der Waals surface area contributed by atoms with Crippen molar-refractivity contribution in [2.45, 2.75) is 19.8 Å². The second-order valence-electron chi connectivity index (χ2n) is 6.11. The Morgan fingerprint density at radius 1 is 0.885 bits per heavy atom. The highest BCUT2D eigenvalue weighted by Gasteiger charge is 2.09. The zero-order chi connectivity index (χ0) is 18.4. The van der Waals surface area contributed by atoms with Crippen molar-refractivity contribution in [3.63, 3.8) is 0 Å². The molecule has 0 atom stereocenters. The molecule has 0 radical (unpaired) electrons. The first-order chi connectivity index (χ1) is 12.7. The van der Waals surface area contributed by atoms with Crippen LogP contribution in [-0.2, 0) is 12.8 Å². The molecule has 26 heavy (non-hydrogen) atoms. The van der Waals surface area contributed by atoms with Gasteiger partial charge >= 0.3 is 5.97 Å². The maximum Gasteiger partial charge on any atom is 0.335 e. The summed E-state index contributed by atoms with van der Waals surface area (Å²) in [5.74, 6) is -0.0353. The molecule has 0 aliphatic carbocycles. The van der Waals surface area contributed by atoms with Crippen molar-refractivity contribution in [2.24, 2.45) is 0 Å². The summed E-state index contributed by atoms with van der Waals surface area (Å²) in [6, 6.07) is 23.4. The highest BCUT2D eigenvalue weighted by atomic mass is 16.5. The molecule has 3 aromatic rings. The standard InChI is InChI=1S/C23H22O3/c1-2-18-7-3-4-8-20(18)21-9-5-6-10-22(21)26-16-15-17-11-13-19(14-12-17)23(24)25/h3-14H,2,15-16H2,1H3,(H,24,25). The van der Waals surface area contributed by atoms with Crippen molar-refractivity contribution < 1.29 is 14.6 Å². The van der Waals surface area contributed by atoms with E-state index in [-0.39, 0.29) is 0 Å². The number of ether oxygens (including phenoxy) is 1. The number of carboxylic acid groups (broad SMARTS) is 1. The summed E-state index contributed by atoms with van der Waals surface area (Å²) < 4.78 is 6.06. The van der Waals surface area contributed by atoms with Crippen LogP contribution >= 0.6 is 0 Å². The Morgan fingerprint density at radius 3 is 2.23 bits per heavy atom. The highest BCUT2D eigenvalue weighted by molar-refractivity contribution is 5.87. The minimum absolute atomic E-state index is 0.302. The molecule has 0 aliphatic heterocycles. The number of rotatable bonds is 7. The zero-order valence-corrected chi connectivity index (χ0v) is 14.8. The Morgan fingerprint density at radius 2 is 1.54 bits per heavy atom. The van der Waals surface area contributed by atoms with Crippen LogP contribution in [0, 0.1) is 0 Å². The van der Waals surface area contributed by atoms with E-state index >= 15 is 0 Å². The smallest absolute Gasteiger partial charge is 0.335 e. The van der Waals surface area contributed by atoms with Gasteiger partial charge in [0.2, 0.25) is 0 Å². The number of hydrogen-bond donors (Lipinski definition) is 1. The van der Waals surface area contributed by atoms with Crippen molar-refractivity contribution in [3.05, 3.63) is 89.5 Å². The minimum Gasteiger partial charge on any atom is -0.493 e. The number of para-hydroxylation sites is 1. The van der Waals surface area contributed by atoms with Crippen LogP contribution in [0.25, 0.3) is 11.1 Å². The summed E-state index contributed by atoms with van der Waals surface area (Å²) in [7, 11) is 0. The van der Waals surface area contributed by atoms with E-state index in [1.165, 1.54) is 11.1 Å². The molecule has 0 unspecified atom stereocenters. The summed E-state index contributed by atoms with van der Waals surface area (Å²) in [6.07, 6.45) is 1.70. The molecule has 0 aliphatic rings. The third-order valence-corrected chi connectivity index (χ3v) is 4.42. The van der Waals surface area contributed by atoms with Gasteiger partial charge in [-0.15, -0.1) is 0 Å². The molecule has 0 saturated heterocycles. The zero-order valence-electron chi connectivity index (χ0n) is 14.8. The second kappa shape index (κ2) is 8.34. The fourth-order valence-electron chi connectivity index (χ4n) is 3.00. The van der Waals surface area contributed by atoms with E-state index in [1.54, 1.807) is 12.1 Å². The topological polar surface area (TPSA) is 46.5 Å². The molecule has 0 saturated carbocycles. The number of carboxylic acids is 1.